The summed E-state index contributed by atoms with van der Waals surface area (Å²) in [6, 6.07) is 9.20. The lowest BCUT2D eigenvalue weighted by atomic mass is 9.75. The number of rotatable bonds is 5. The number of carbonyl (C=O) groups excluding carboxylic acids is 2. The maximum atomic E-state index is 14.0. The Morgan fingerprint density at radius 2 is 1.76 bits per heavy atom. The third kappa shape index (κ3) is 4.47. The van der Waals surface area contributed by atoms with Gasteiger partial charge in [-0.2, -0.15) is 0 Å². The van der Waals surface area contributed by atoms with Gasteiger partial charge in [0.15, 0.2) is 5.11 Å². The number of hydrogen-bond donors (Lipinski definition) is 0. The van der Waals surface area contributed by atoms with E-state index < -0.39 is 5.41 Å². The molecule has 4 heterocycles. The normalized spacial score (nSPS) is 23.3. The lowest BCUT2D eigenvalue weighted by molar-refractivity contribution is -0.157. The van der Waals surface area contributed by atoms with Crippen LogP contribution in [-0.4, -0.2) is 77.0 Å². The zero-order chi connectivity index (χ0) is 26.6. The number of piperidine rings is 1. The van der Waals surface area contributed by atoms with E-state index in [0.29, 0.717) is 25.4 Å². The molecule has 5 rings (SSSR count). The first-order chi connectivity index (χ1) is 17.6. The predicted octanol–water partition coefficient (Wildman–Crippen LogP) is 3.25. The maximum Gasteiger partial charge on any atom is 0.250 e. The number of carbonyl (C=O) groups is 2. The van der Waals surface area contributed by atoms with Crippen LogP contribution in [0.15, 0.2) is 44.1 Å². The molecule has 3 aliphatic rings. The molecule has 2 fully saturated rings. The van der Waals surface area contributed by atoms with Gasteiger partial charge in [-0.25, -0.2) is 0 Å². The van der Waals surface area contributed by atoms with E-state index in [1.807, 2.05) is 28.8 Å². The highest BCUT2D eigenvalue weighted by molar-refractivity contribution is 9.11. The molecule has 196 valence electrons. The Morgan fingerprint density at radius 3 is 2.43 bits per heavy atom. The van der Waals surface area contributed by atoms with Crippen molar-refractivity contribution in [3.63, 3.8) is 0 Å². The minimum absolute atomic E-state index is 0.0267. The number of nitrogens with zero attached hydrogens (tertiary/aromatic N) is 4. The van der Waals surface area contributed by atoms with Crippen LogP contribution in [0, 0.1) is 11.3 Å². The van der Waals surface area contributed by atoms with Crippen molar-refractivity contribution in [2.24, 2.45) is 11.3 Å². The third-order valence-electron chi connectivity index (χ3n) is 7.83. The number of halogens is 2. The van der Waals surface area contributed by atoms with E-state index in [1.54, 1.807) is 27.3 Å². The standard InChI is InChI=1S/C26H28Br2N4O4S/c1-29-23(34)26(24(35)30(2)25(29)37,10-16-8-18(27)9-19(28)22(16)36-3)14-31-11-15-7-17(13-31)20-5-4-6-21(33)32(20)12-15/h4-6,8-9,15,17H,7,10-14H2,1-3H3/t15-,17-/m1/s1. The quantitative estimate of drug-likeness (QED) is 0.365. The molecule has 0 unspecified atom stereocenters. The minimum atomic E-state index is -1.39. The lowest BCUT2D eigenvalue weighted by Gasteiger charge is -2.48. The Balaban J connectivity index is 1.55. The molecule has 11 heteroatoms. The first-order valence-corrected chi connectivity index (χ1v) is 14.1. The molecule has 0 N–H and O–H groups in total. The van der Waals surface area contributed by atoms with Gasteiger partial charge in [0.25, 0.3) is 5.56 Å². The predicted molar refractivity (Wildman–Crippen MR) is 151 cm³/mol. The van der Waals surface area contributed by atoms with Crippen molar-refractivity contribution in [1.29, 1.82) is 0 Å². The summed E-state index contributed by atoms with van der Waals surface area (Å²) in [6.07, 6.45) is 1.15. The molecule has 2 aromatic rings. The van der Waals surface area contributed by atoms with Crippen LogP contribution in [0.25, 0.3) is 0 Å². The highest BCUT2D eigenvalue weighted by Crippen LogP contribution is 2.42. The Hall–Kier alpha value is -2.08. The van der Waals surface area contributed by atoms with E-state index in [0.717, 1.165) is 26.6 Å². The molecule has 8 nitrogen and oxygen atoms in total. The number of fused-ring (bicyclic) bond motifs is 4. The fourth-order valence-corrected chi connectivity index (χ4v) is 7.92. The van der Waals surface area contributed by atoms with E-state index in [4.69, 9.17) is 17.0 Å². The number of ether oxygens (including phenoxy) is 1. The highest BCUT2D eigenvalue weighted by Gasteiger charge is 2.56. The van der Waals surface area contributed by atoms with Gasteiger partial charge >= 0.3 is 0 Å². The largest absolute Gasteiger partial charge is 0.495 e. The van der Waals surface area contributed by atoms with Crippen LogP contribution < -0.4 is 10.3 Å². The molecule has 2 bridgehead atoms. The summed E-state index contributed by atoms with van der Waals surface area (Å²) in [6.45, 7) is 2.27. The van der Waals surface area contributed by atoms with Gasteiger partial charge in [0.1, 0.15) is 11.2 Å². The molecule has 1 aromatic carbocycles. The highest BCUT2D eigenvalue weighted by atomic mass is 79.9. The van der Waals surface area contributed by atoms with Gasteiger partial charge in [-0.3, -0.25) is 24.2 Å². The average molecular weight is 652 g/mol. The number of amides is 2. The molecule has 2 saturated heterocycles. The van der Waals surface area contributed by atoms with Crippen molar-refractivity contribution in [1.82, 2.24) is 19.3 Å². The van der Waals surface area contributed by atoms with Crippen molar-refractivity contribution >= 4 is 61.0 Å². The molecule has 0 saturated carbocycles. The van der Waals surface area contributed by atoms with Gasteiger partial charge in [0, 0.05) is 68.8 Å². The first kappa shape index (κ1) is 26.5. The summed E-state index contributed by atoms with van der Waals surface area (Å²) in [5.74, 6) is 0.393. The van der Waals surface area contributed by atoms with Gasteiger partial charge in [-0.05, 0) is 64.2 Å². The van der Waals surface area contributed by atoms with E-state index in [-0.39, 0.29) is 47.3 Å². The first-order valence-electron chi connectivity index (χ1n) is 12.1. The molecule has 1 aromatic heterocycles. The fourth-order valence-electron chi connectivity index (χ4n) is 6.28. The molecule has 2 amide bonds. The molecule has 0 spiro atoms. The Labute approximate surface area is 237 Å². The number of aromatic nitrogens is 1. The van der Waals surface area contributed by atoms with Gasteiger partial charge in [-0.1, -0.05) is 22.0 Å². The zero-order valence-corrected chi connectivity index (χ0v) is 24.9. The smallest absolute Gasteiger partial charge is 0.250 e. The molecule has 2 atom stereocenters. The van der Waals surface area contributed by atoms with Crippen molar-refractivity contribution in [3.8, 4) is 5.75 Å². The van der Waals surface area contributed by atoms with Crippen molar-refractivity contribution in [2.75, 3.05) is 40.8 Å². The SMILES string of the molecule is COc1c(Br)cc(Br)cc1CC1(CN2C[C@H]3C[C@H](C2)c2cccc(=O)n2C3)C(=O)N(C)C(=S)N(C)C1=O. The number of thiocarbonyl (C=S) groups is 1. The second-order valence-electron chi connectivity index (χ2n) is 10.2. The summed E-state index contributed by atoms with van der Waals surface area (Å²) in [5, 5.41) is 0.192. The number of likely N-dealkylation sites (tertiary alicyclic amines) is 1. The molecule has 3 aliphatic heterocycles. The van der Waals surface area contributed by atoms with E-state index in [9.17, 15) is 14.4 Å². The molecule has 37 heavy (non-hydrogen) atoms. The average Bonchev–Trinajstić information content (AvgIpc) is 2.85. The van der Waals surface area contributed by atoms with Crippen LogP contribution in [0.1, 0.15) is 23.6 Å². The topological polar surface area (TPSA) is 75.1 Å². The van der Waals surface area contributed by atoms with Crippen LogP contribution in [-0.2, 0) is 22.6 Å². The number of methoxy groups -OCH3 is 1. The third-order valence-corrected chi connectivity index (χ3v) is 9.43. The lowest BCUT2D eigenvalue weighted by Crippen LogP contribution is -2.67. The number of hydrogen-bond acceptors (Lipinski definition) is 6. The van der Waals surface area contributed by atoms with E-state index in [1.165, 1.54) is 9.80 Å². The van der Waals surface area contributed by atoms with Crippen molar-refractivity contribution < 1.29 is 14.3 Å². The summed E-state index contributed by atoms with van der Waals surface area (Å²) in [4.78, 5) is 45.5. The van der Waals surface area contributed by atoms with Crippen LogP contribution in [0.4, 0.5) is 0 Å². The van der Waals surface area contributed by atoms with Gasteiger partial charge in [-0.15, -0.1) is 0 Å². The maximum absolute atomic E-state index is 14.0. The van der Waals surface area contributed by atoms with Crippen molar-refractivity contribution in [2.45, 2.75) is 25.3 Å². The molecular weight excluding hydrogens is 624 g/mol. The monoisotopic (exact) mass is 650 g/mol. The van der Waals surface area contributed by atoms with Gasteiger partial charge in [0.2, 0.25) is 11.8 Å². The fraction of sp³-hybridized carbons (Fsp3) is 0.462. The zero-order valence-electron chi connectivity index (χ0n) is 20.9. The van der Waals surface area contributed by atoms with Crippen LogP contribution in [0.3, 0.4) is 0 Å². The molecule has 0 radical (unpaired) electrons. The van der Waals surface area contributed by atoms with Crippen LogP contribution in [0.5, 0.6) is 5.75 Å². The Bertz CT molecular complexity index is 1340. The molecule has 0 aliphatic carbocycles. The summed E-state index contributed by atoms with van der Waals surface area (Å²) in [7, 11) is 4.83. The van der Waals surface area contributed by atoms with Crippen molar-refractivity contribution in [3.05, 3.63) is 60.9 Å². The minimum Gasteiger partial charge on any atom is -0.495 e. The van der Waals surface area contributed by atoms with Crippen LogP contribution >= 0.6 is 44.1 Å². The second kappa shape index (κ2) is 9.91. The van der Waals surface area contributed by atoms with Gasteiger partial charge in [0.05, 0.1) is 11.6 Å². The Kier molecular flexibility index (Phi) is 7.10. The van der Waals surface area contributed by atoms with Crippen LogP contribution in [0.2, 0.25) is 0 Å². The second-order valence-corrected chi connectivity index (χ2v) is 12.4. The summed E-state index contributed by atoms with van der Waals surface area (Å²) >= 11 is 12.5. The Morgan fingerprint density at radius 1 is 1.05 bits per heavy atom. The summed E-state index contributed by atoms with van der Waals surface area (Å²) in [5.41, 5.74) is 0.409. The van der Waals surface area contributed by atoms with Gasteiger partial charge < -0.3 is 14.2 Å². The summed E-state index contributed by atoms with van der Waals surface area (Å²) < 4.78 is 9.10. The number of benzene rings is 1. The van der Waals surface area contributed by atoms with E-state index >= 15 is 0 Å². The molecular formula is C26H28Br2N4O4S. The van der Waals surface area contributed by atoms with E-state index in [2.05, 4.69) is 36.8 Å². The number of pyridine rings is 1.